The van der Waals surface area contributed by atoms with Crippen molar-refractivity contribution in [2.45, 2.75) is 25.7 Å². The van der Waals surface area contributed by atoms with Crippen molar-refractivity contribution < 1.29 is 4.92 Å². The van der Waals surface area contributed by atoms with Gasteiger partial charge in [-0.1, -0.05) is 11.6 Å². The molecule has 0 bridgehead atoms. The lowest BCUT2D eigenvalue weighted by Crippen LogP contribution is -2.03. The molecule has 0 unspecified atom stereocenters. The van der Waals surface area contributed by atoms with Crippen molar-refractivity contribution in [1.82, 2.24) is 9.97 Å². The number of fused-ring (bicyclic) bond motifs is 1. The molecule has 0 saturated carbocycles. The molecule has 3 rings (SSSR count). The number of nitrogens with zero attached hydrogens (tertiary/aromatic N) is 2. The van der Waals surface area contributed by atoms with Crippen LogP contribution in [0, 0.1) is 10.1 Å². The maximum absolute atomic E-state index is 10.7. The van der Waals surface area contributed by atoms with Crippen molar-refractivity contribution >= 4 is 22.7 Å². The second-order valence-electron chi connectivity index (χ2n) is 4.98. The Balaban J connectivity index is 1.67. The number of allylic oxidation sites excluding steroid dienone is 1. The van der Waals surface area contributed by atoms with Gasteiger partial charge in [0.05, 0.1) is 16.0 Å². The molecule has 6 nitrogen and oxygen atoms in total. The van der Waals surface area contributed by atoms with Crippen LogP contribution in [-0.4, -0.2) is 21.4 Å². The van der Waals surface area contributed by atoms with E-state index in [9.17, 15) is 10.1 Å². The van der Waals surface area contributed by atoms with Gasteiger partial charge in [0, 0.05) is 18.7 Å². The number of anilines is 1. The molecule has 0 saturated heterocycles. The first kappa shape index (κ1) is 12.7. The summed E-state index contributed by atoms with van der Waals surface area (Å²) in [6.45, 7) is 0.827. The molecule has 2 N–H and O–H groups in total. The van der Waals surface area contributed by atoms with E-state index in [-0.39, 0.29) is 5.69 Å². The molecule has 0 atom stereocenters. The number of nitrogens with one attached hydrogen (secondary N) is 2. The summed E-state index contributed by atoms with van der Waals surface area (Å²) >= 11 is 0. The van der Waals surface area contributed by atoms with E-state index in [1.807, 2.05) is 0 Å². The monoisotopic (exact) mass is 272 g/mol. The first-order valence-electron chi connectivity index (χ1n) is 6.78. The molecule has 1 aliphatic rings. The van der Waals surface area contributed by atoms with E-state index in [2.05, 4.69) is 21.4 Å². The zero-order valence-electron chi connectivity index (χ0n) is 11.1. The summed E-state index contributed by atoms with van der Waals surface area (Å²) < 4.78 is 0. The molecule has 1 heterocycles. The van der Waals surface area contributed by atoms with Gasteiger partial charge < -0.3 is 10.3 Å². The fourth-order valence-corrected chi connectivity index (χ4v) is 2.50. The standard InChI is InChI=1S/C14H16N4O2/c19-18(20)11-5-6-12-13(9-11)17-14(16-12)15-8-7-10-3-1-2-4-10/h3,5-6,9H,1-2,4,7-8H2,(H2,15,16,17). The van der Waals surface area contributed by atoms with E-state index in [1.54, 1.807) is 6.07 Å². The Hall–Kier alpha value is -2.37. The van der Waals surface area contributed by atoms with Gasteiger partial charge in [-0.15, -0.1) is 0 Å². The highest BCUT2D eigenvalue weighted by molar-refractivity contribution is 5.79. The van der Waals surface area contributed by atoms with Crippen LogP contribution in [0.15, 0.2) is 29.8 Å². The van der Waals surface area contributed by atoms with Gasteiger partial charge in [-0.25, -0.2) is 4.98 Å². The summed E-state index contributed by atoms with van der Waals surface area (Å²) in [6.07, 6.45) is 7.00. The molecule has 1 aromatic heterocycles. The molecule has 0 radical (unpaired) electrons. The number of nitro benzene ring substituents is 1. The predicted molar refractivity (Wildman–Crippen MR) is 77.8 cm³/mol. The molecular weight excluding hydrogens is 256 g/mol. The number of aromatic amines is 1. The first-order valence-corrected chi connectivity index (χ1v) is 6.78. The molecule has 0 fully saturated rings. The van der Waals surface area contributed by atoms with Crippen molar-refractivity contribution in [3.05, 3.63) is 40.0 Å². The fraction of sp³-hybridized carbons (Fsp3) is 0.357. The van der Waals surface area contributed by atoms with Gasteiger partial charge in [-0.2, -0.15) is 0 Å². The minimum Gasteiger partial charge on any atom is -0.355 e. The highest BCUT2D eigenvalue weighted by atomic mass is 16.6. The molecule has 2 aromatic rings. The number of nitro groups is 1. The zero-order chi connectivity index (χ0) is 13.9. The Morgan fingerprint density at radius 2 is 2.35 bits per heavy atom. The maximum atomic E-state index is 10.7. The topological polar surface area (TPSA) is 83.8 Å². The number of imidazole rings is 1. The Kier molecular flexibility index (Phi) is 3.37. The molecule has 1 aromatic carbocycles. The van der Waals surface area contributed by atoms with Crippen LogP contribution < -0.4 is 5.32 Å². The molecule has 0 aliphatic heterocycles. The Morgan fingerprint density at radius 1 is 1.45 bits per heavy atom. The number of hydrogen-bond acceptors (Lipinski definition) is 4. The summed E-state index contributed by atoms with van der Waals surface area (Å²) in [5.74, 6) is 0.666. The van der Waals surface area contributed by atoms with Gasteiger partial charge in [0.25, 0.3) is 5.69 Å². The quantitative estimate of drug-likeness (QED) is 0.496. The molecule has 0 amide bonds. The first-order chi connectivity index (χ1) is 9.72. The normalized spacial score (nSPS) is 14.5. The second kappa shape index (κ2) is 5.32. The SMILES string of the molecule is O=[N+]([O-])c1ccc2nc(NCCC3=CCCC3)[nH]c2c1. The number of aromatic nitrogens is 2. The molecule has 20 heavy (non-hydrogen) atoms. The van der Waals surface area contributed by atoms with Crippen LogP contribution >= 0.6 is 0 Å². The van der Waals surface area contributed by atoms with E-state index in [4.69, 9.17) is 0 Å². The van der Waals surface area contributed by atoms with Crippen molar-refractivity contribution in [1.29, 1.82) is 0 Å². The van der Waals surface area contributed by atoms with Gasteiger partial charge in [-0.3, -0.25) is 10.1 Å². The van der Waals surface area contributed by atoms with Crippen LogP contribution in [0.25, 0.3) is 11.0 Å². The van der Waals surface area contributed by atoms with Crippen LogP contribution in [-0.2, 0) is 0 Å². The van der Waals surface area contributed by atoms with Crippen LogP contribution in [0.1, 0.15) is 25.7 Å². The summed E-state index contributed by atoms with van der Waals surface area (Å²) in [7, 11) is 0. The Labute approximate surface area is 116 Å². The fourth-order valence-electron chi connectivity index (χ4n) is 2.50. The highest BCUT2D eigenvalue weighted by Crippen LogP contribution is 2.22. The Bertz CT molecular complexity index is 675. The van der Waals surface area contributed by atoms with Gasteiger partial charge in [-0.05, 0) is 31.7 Å². The number of rotatable bonds is 5. The van der Waals surface area contributed by atoms with E-state index in [0.29, 0.717) is 11.5 Å². The van der Waals surface area contributed by atoms with E-state index in [1.165, 1.54) is 37.0 Å². The van der Waals surface area contributed by atoms with Gasteiger partial charge in [0.2, 0.25) is 5.95 Å². The van der Waals surface area contributed by atoms with Gasteiger partial charge >= 0.3 is 0 Å². The summed E-state index contributed by atoms with van der Waals surface area (Å²) in [4.78, 5) is 17.8. The highest BCUT2D eigenvalue weighted by Gasteiger charge is 2.09. The summed E-state index contributed by atoms with van der Waals surface area (Å²) in [5, 5.41) is 14.0. The molecule has 1 aliphatic carbocycles. The van der Waals surface area contributed by atoms with E-state index < -0.39 is 4.92 Å². The average molecular weight is 272 g/mol. The molecular formula is C14H16N4O2. The van der Waals surface area contributed by atoms with Crippen LogP contribution in [0.2, 0.25) is 0 Å². The number of hydrogen-bond donors (Lipinski definition) is 2. The smallest absolute Gasteiger partial charge is 0.271 e. The minimum absolute atomic E-state index is 0.0730. The van der Waals surface area contributed by atoms with Crippen LogP contribution in [0.4, 0.5) is 11.6 Å². The van der Waals surface area contributed by atoms with Crippen molar-refractivity contribution in [2.75, 3.05) is 11.9 Å². The lowest BCUT2D eigenvalue weighted by molar-refractivity contribution is -0.384. The molecule has 6 heteroatoms. The third-order valence-electron chi connectivity index (χ3n) is 3.55. The van der Waals surface area contributed by atoms with Crippen LogP contribution in [0.5, 0.6) is 0 Å². The van der Waals surface area contributed by atoms with E-state index in [0.717, 1.165) is 18.5 Å². The third-order valence-corrected chi connectivity index (χ3v) is 3.55. The molecule has 0 spiro atoms. The zero-order valence-corrected chi connectivity index (χ0v) is 11.1. The summed E-state index contributed by atoms with van der Waals surface area (Å²) in [6, 6.07) is 4.64. The minimum atomic E-state index is -0.403. The van der Waals surface area contributed by atoms with E-state index >= 15 is 0 Å². The predicted octanol–water partition coefficient (Wildman–Crippen LogP) is 3.38. The van der Waals surface area contributed by atoms with Crippen molar-refractivity contribution in [2.24, 2.45) is 0 Å². The number of non-ortho nitro benzene ring substituents is 1. The number of benzene rings is 1. The second-order valence-corrected chi connectivity index (χ2v) is 4.98. The van der Waals surface area contributed by atoms with Gasteiger partial charge in [0.15, 0.2) is 0 Å². The summed E-state index contributed by atoms with van der Waals surface area (Å²) in [5.41, 5.74) is 2.99. The largest absolute Gasteiger partial charge is 0.355 e. The number of H-pyrrole nitrogens is 1. The lowest BCUT2D eigenvalue weighted by Gasteiger charge is -2.03. The average Bonchev–Trinajstić information content (AvgIpc) is 3.06. The maximum Gasteiger partial charge on any atom is 0.271 e. The third kappa shape index (κ3) is 2.64. The Morgan fingerprint density at radius 3 is 3.10 bits per heavy atom. The van der Waals surface area contributed by atoms with Crippen molar-refractivity contribution in [3.8, 4) is 0 Å². The molecule has 104 valence electrons. The lowest BCUT2D eigenvalue weighted by atomic mass is 10.2. The van der Waals surface area contributed by atoms with Crippen LogP contribution in [0.3, 0.4) is 0 Å². The van der Waals surface area contributed by atoms with Gasteiger partial charge in [0.1, 0.15) is 0 Å². The van der Waals surface area contributed by atoms with Crippen molar-refractivity contribution in [3.63, 3.8) is 0 Å².